The van der Waals surface area contributed by atoms with Gasteiger partial charge in [-0.3, -0.25) is 9.47 Å². The minimum atomic E-state index is -0.889. The van der Waals surface area contributed by atoms with Crippen LogP contribution in [0.15, 0.2) is 24.3 Å². The van der Waals surface area contributed by atoms with Crippen LogP contribution >= 0.6 is 0 Å². The summed E-state index contributed by atoms with van der Waals surface area (Å²) in [6.45, 7) is 6.51. The van der Waals surface area contributed by atoms with Gasteiger partial charge in [-0.05, 0) is 37.8 Å². The van der Waals surface area contributed by atoms with E-state index < -0.39 is 12.3 Å². The van der Waals surface area contributed by atoms with Crippen molar-refractivity contribution in [1.82, 2.24) is 24.4 Å². The Bertz CT molecular complexity index is 1210. The van der Waals surface area contributed by atoms with Gasteiger partial charge in [0.2, 0.25) is 0 Å². The van der Waals surface area contributed by atoms with Crippen LogP contribution in [-0.2, 0) is 22.6 Å². The maximum absolute atomic E-state index is 13.5. The molecule has 1 saturated heterocycles. The number of nitrogen functional groups attached to an aromatic ring is 1. The Hall–Kier alpha value is -3.51. The molecule has 2 N–H and O–H groups in total. The van der Waals surface area contributed by atoms with Gasteiger partial charge in [-0.25, -0.2) is 9.18 Å². The number of halogens is 1. The molecule has 0 unspecified atom stereocenters. The summed E-state index contributed by atoms with van der Waals surface area (Å²) in [7, 11) is 1.56. The second-order valence-electron chi connectivity index (χ2n) is 9.17. The minimum absolute atomic E-state index is 0.0221. The third kappa shape index (κ3) is 7.04. The van der Waals surface area contributed by atoms with Crippen molar-refractivity contribution >= 4 is 23.1 Å². The topological polar surface area (TPSA) is 127 Å². The Labute approximate surface area is 214 Å². The summed E-state index contributed by atoms with van der Waals surface area (Å²) in [5.41, 5.74) is 8.79. The third-order valence-corrected chi connectivity index (χ3v) is 5.85. The number of hydrogen-bond donors (Lipinski definition) is 1. The molecule has 3 aromatic rings. The van der Waals surface area contributed by atoms with Crippen molar-refractivity contribution in [3.05, 3.63) is 35.4 Å². The number of benzene rings is 1. The summed E-state index contributed by atoms with van der Waals surface area (Å²) in [5.74, 6) is 0.0864. The van der Waals surface area contributed by atoms with Crippen LogP contribution < -0.4 is 15.2 Å². The summed E-state index contributed by atoms with van der Waals surface area (Å²) in [6, 6.07) is 8.05. The minimum Gasteiger partial charge on any atom is -0.461 e. The number of imidazole rings is 1. The molecule has 12 heteroatoms. The highest BCUT2D eigenvalue weighted by Gasteiger charge is 2.23. The van der Waals surface area contributed by atoms with Gasteiger partial charge in [0.15, 0.2) is 17.0 Å². The molecular formula is C25H33FN6O5. The lowest BCUT2D eigenvalue weighted by Gasteiger charge is -2.28. The van der Waals surface area contributed by atoms with E-state index in [-0.39, 0.29) is 42.6 Å². The van der Waals surface area contributed by atoms with Gasteiger partial charge in [0.05, 0.1) is 19.3 Å². The number of rotatable bonds is 10. The van der Waals surface area contributed by atoms with Gasteiger partial charge in [0, 0.05) is 26.7 Å². The number of alkyl halides is 1. The Morgan fingerprint density at radius 2 is 1.86 bits per heavy atom. The van der Waals surface area contributed by atoms with Crippen molar-refractivity contribution in [2.24, 2.45) is 0 Å². The van der Waals surface area contributed by atoms with E-state index in [0.717, 1.165) is 30.8 Å². The van der Waals surface area contributed by atoms with Crippen molar-refractivity contribution in [1.29, 1.82) is 0 Å². The van der Waals surface area contributed by atoms with Crippen LogP contribution in [0.3, 0.4) is 0 Å². The number of nitrogens with zero attached hydrogens (tertiary/aromatic N) is 5. The number of fused-ring (bicyclic) bond motifs is 1. The van der Waals surface area contributed by atoms with Gasteiger partial charge in [-0.1, -0.05) is 24.3 Å². The van der Waals surface area contributed by atoms with Crippen LogP contribution in [0.2, 0.25) is 0 Å². The summed E-state index contributed by atoms with van der Waals surface area (Å²) in [5, 5.41) is 0. The highest BCUT2D eigenvalue weighted by molar-refractivity contribution is 5.83. The van der Waals surface area contributed by atoms with Gasteiger partial charge in [-0.15, -0.1) is 0 Å². The van der Waals surface area contributed by atoms with Crippen molar-refractivity contribution in [2.75, 3.05) is 39.1 Å². The Morgan fingerprint density at radius 1 is 1.14 bits per heavy atom. The maximum atomic E-state index is 13.5. The zero-order chi connectivity index (χ0) is 26.4. The number of ether oxygens (including phenoxy) is 4. The lowest BCUT2D eigenvalue weighted by molar-refractivity contribution is 0.0691. The first-order valence-electron chi connectivity index (χ1n) is 12.3. The number of carbonyl (C=O) groups excluding carboxylic acids is 1. The number of hydrogen-bond acceptors (Lipinski definition) is 10. The molecule has 0 saturated carbocycles. The largest absolute Gasteiger partial charge is 0.516 e. The predicted octanol–water partition coefficient (Wildman–Crippen LogP) is 3.34. The van der Waals surface area contributed by atoms with Crippen LogP contribution in [0.25, 0.3) is 11.2 Å². The third-order valence-electron chi connectivity index (χ3n) is 5.85. The average Bonchev–Trinajstić information content (AvgIpc) is 3.18. The quantitative estimate of drug-likeness (QED) is 0.317. The van der Waals surface area contributed by atoms with Crippen LogP contribution in [0.5, 0.6) is 12.0 Å². The van der Waals surface area contributed by atoms with E-state index in [0.29, 0.717) is 25.1 Å². The summed E-state index contributed by atoms with van der Waals surface area (Å²) < 4.78 is 36.3. The Kier molecular flexibility index (Phi) is 8.72. The van der Waals surface area contributed by atoms with Crippen molar-refractivity contribution in [2.45, 2.75) is 52.1 Å². The number of aromatic nitrogens is 4. The standard InChI is InChI=1S/C25H33FN6O5/c1-16(2)36-25(33)37-24-28-20-21(27)29-23(35-12-11-34-3)30-22(20)32(24)15-18-6-4-5-17(13-18)14-31-9-7-19(26)8-10-31/h4-6,13,16,19H,7-12,14-15H2,1-3H3,(H2,27,29,30). The molecule has 2 aromatic heterocycles. The average molecular weight is 517 g/mol. The maximum Gasteiger partial charge on any atom is 0.516 e. The predicted molar refractivity (Wildman–Crippen MR) is 134 cm³/mol. The van der Waals surface area contributed by atoms with E-state index in [4.69, 9.17) is 24.7 Å². The Balaban J connectivity index is 1.63. The lowest BCUT2D eigenvalue weighted by Crippen LogP contribution is -2.33. The smallest absolute Gasteiger partial charge is 0.461 e. The molecule has 0 spiro atoms. The fourth-order valence-corrected chi connectivity index (χ4v) is 4.10. The molecule has 0 bridgehead atoms. The summed E-state index contributed by atoms with van der Waals surface area (Å²) in [6.07, 6.45) is -0.848. The normalized spacial score (nSPS) is 14.8. The molecule has 11 nitrogen and oxygen atoms in total. The molecule has 1 fully saturated rings. The van der Waals surface area contributed by atoms with Crippen molar-refractivity contribution in [3.63, 3.8) is 0 Å². The first kappa shape index (κ1) is 26.6. The molecule has 4 rings (SSSR count). The molecule has 1 aliphatic rings. The van der Waals surface area contributed by atoms with Crippen LogP contribution in [-0.4, -0.2) is 76.3 Å². The van der Waals surface area contributed by atoms with E-state index in [1.807, 2.05) is 18.2 Å². The molecule has 0 aliphatic carbocycles. The SMILES string of the molecule is COCCOc1nc(N)c2nc(OC(=O)OC(C)C)n(Cc3cccc(CN4CCC(F)CC4)c3)c2n1. The number of likely N-dealkylation sites (tertiary alicyclic amines) is 1. The second kappa shape index (κ2) is 12.2. The zero-order valence-electron chi connectivity index (χ0n) is 21.4. The van der Waals surface area contributed by atoms with Crippen LogP contribution in [0, 0.1) is 0 Å². The fraction of sp³-hybridized carbons (Fsp3) is 0.520. The van der Waals surface area contributed by atoms with Crippen LogP contribution in [0.4, 0.5) is 15.0 Å². The van der Waals surface area contributed by atoms with Crippen LogP contribution in [0.1, 0.15) is 37.8 Å². The van der Waals surface area contributed by atoms with Gasteiger partial charge in [0.25, 0.3) is 0 Å². The number of anilines is 1. The van der Waals surface area contributed by atoms with E-state index in [2.05, 4.69) is 25.9 Å². The molecule has 3 heterocycles. The molecule has 37 heavy (non-hydrogen) atoms. The molecule has 0 amide bonds. The lowest BCUT2D eigenvalue weighted by atomic mass is 10.1. The Morgan fingerprint density at radius 3 is 2.57 bits per heavy atom. The first-order chi connectivity index (χ1) is 17.8. The van der Waals surface area contributed by atoms with Gasteiger partial charge in [-0.2, -0.15) is 15.0 Å². The monoisotopic (exact) mass is 516 g/mol. The van der Waals surface area contributed by atoms with Gasteiger partial charge < -0.3 is 24.7 Å². The molecule has 200 valence electrons. The number of carbonyl (C=O) groups is 1. The molecule has 1 aliphatic heterocycles. The van der Waals surface area contributed by atoms with Gasteiger partial charge in [0.1, 0.15) is 12.8 Å². The zero-order valence-corrected chi connectivity index (χ0v) is 21.4. The second-order valence-corrected chi connectivity index (χ2v) is 9.17. The molecule has 1 aromatic carbocycles. The van der Waals surface area contributed by atoms with Gasteiger partial charge >= 0.3 is 18.2 Å². The number of methoxy groups -OCH3 is 1. The van der Waals surface area contributed by atoms with E-state index in [1.165, 1.54) is 0 Å². The molecule has 0 radical (unpaired) electrons. The highest BCUT2D eigenvalue weighted by Crippen LogP contribution is 2.27. The number of nitrogens with two attached hydrogens (primary N) is 1. The summed E-state index contributed by atoms with van der Waals surface area (Å²) >= 11 is 0. The van der Waals surface area contributed by atoms with E-state index >= 15 is 0 Å². The molecule has 0 atom stereocenters. The highest BCUT2D eigenvalue weighted by atomic mass is 19.1. The van der Waals surface area contributed by atoms with Crippen molar-refractivity contribution in [3.8, 4) is 12.0 Å². The van der Waals surface area contributed by atoms with E-state index in [1.54, 1.807) is 25.5 Å². The summed E-state index contributed by atoms with van der Waals surface area (Å²) in [4.78, 5) is 27.5. The fourth-order valence-electron chi connectivity index (χ4n) is 4.10. The van der Waals surface area contributed by atoms with E-state index in [9.17, 15) is 9.18 Å². The molecular weight excluding hydrogens is 483 g/mol. The first-order valence-corrected chi connectivity index (χ1v) is 12.3. The van der Waals surface area contributed by atoms with Crippen molar-refractivity contribution < 1.29 is 28.1 Å². The number of piperidine rings is 1.